The van der Waals surface area contributed by atoms with Gasteiger partial charge >= 0.3 is 12.1 Å². The van der Waals surface area contributed by atoms with Crippen LogP contribution in [0.1, 0.15) is 37.0 Å². The third-order valence-electron chi connectivity index (χ3n) is 6.70. The number of carbonyl (C=O) groups excluding carboxylic acids is 1. The molecule has 0 aliphatic heterocycles. The van der Waals surface area contributed by atoms with Crippen molar-refractivity contribution in [2.75, 3.05) is 5.32 Å². The lowest BCUT2D eigenvalue weighted by atomic mass is 9.92. The van der Waals surface area contributed by atoms with Gasteiger partial charge < -0.3 is 9.84 Å². The number of benzene rings is 3. The second-order valence-electron chi connectivity index (χ2n) is 9.14. The summed E-state index contributed by atoms with van der Waals surface area (Å²) in [6.45, 7) is 1.60. The molecule has 2 N–H and O–H groups in total. The molecule has 5 rings (SSSR count). The molecular weight excluding hydrogens is 532 g/mol. The first-order chi connectivity index (χ1) is 18.2. The van der Waals surface area contributed by atoms with Gasteiger partial charge in [0, 0.05) is 17.2 Å². The van der Waals surface area contributed by atoms with Crippen molar-refractivity contribution in [3.8, 4) is 21.6 Å². The molecule has 5 nitrogen and oxygen atoms in total. The molecule has 4 aromatic rings. The van der Waals surface area contributed by atoms with Crippen molar-refractivity contribution in [2.24, 2.45) is 0 Å². The van der Waals surface area contributed by atoms with Gasteiger partial charge in [-0.25, -0.2) is 9.18 Å². The third kappa shape index (κ3) is 5.01. The van der Waals surface area contributed by atoms with Crippen LogP contribution in [0.3, 0.4) is 0 Å². The fourth-order valence-corrected chi connectivity index (χ4v) is 5.70. The number of ether oxygens (including phenoxy) is 1. The van der Waals surface area contributed by atoms with Crippen LogP contribution in [0.4, 0.5) is 19.3 Å². The zero-order chi connectivity index (χ0) is 27.0. The maximum absolute atomic E-state index is 14.5. The van der Waals surface area contributed by atoms with Gasteiger partial charge in [0.2, 0.25) is 0 Å². The molecule has 1 aliphatic carbocycles. The van der Waals surface area contributed by atoms with Crippen LogP contribution in [-0.4, -0.2) is 17.2 Å². The average molecular weight is 554 g/mol. The molecule has 1 aliphatic rings. The molecule has 0 spiro atoms. The van der Waals surface area contributed by atoms with Gasteiger partial charge in [-0.05, 0) is 48.6 Å². The number of thiophene rings is 1. The van der Waals surface area contributed by atoms with E-state index >= 15 is 0 Å². The zero-order valence-corrected chi connectivity index (χ0v) is 21.7. The summed E-state index contributed by atoms with van der Waals surface area (Å²) in [6.07, 6.45) is -0.364. The summed E-state index contributed by atoms with van der Waals surface area (Å²) in [5, 5.41) is 11.8. The van der Waals surface area contributed by atoms with E-state index in [4.69, 9.17) is 16.3 Å². The first kappa shape index (κ1) is 25.9. The van der Waals surface area contributed by atoms with Crippen LogP contribution in [0.5, 0.6) is 0 Å². The molecule has 0 saturated heterocycles. The van der Waals surface area contributed by atoms with Gasteiger partial charge in [-0.15, -0.1) is 11.3 Å². The second-order valence-corrected chi connectivity index (χ2v) is 10.6. The highest BCUT2D eigenvalue weighted by Crippen LogP contribution is 2.49. The number of carboxylic acids is 1. The predicted molar refractivity (Wildman–Crippen MR) is 144 cm³/mol. The van der Waals surface area contributed by atoms with Crippen molar-refractivity contribution in [1.82, 2.24) is 0 Å². The van der Waals surface area contributed by atoms with Crippen molar-refractivity contribution in [2.45, 2.75) is 31.3 Å². The minimum Gasteiger partial charge on any atom is -0.481 e. The van der Waals surface area contributed by atoms with Crippen molar-refractivity contribution in [3.05, 3.63) is 99.9 Å². The van der Waals surface area contributed by atoms with Crippen LogP contribution in [0.15, 0.2) is 72.8 Å². The Bertz CT molecular complexity index is 1530. The number of hydrogen-bond acceptors (Lipinski definition) is 4. The van der Waals surface area contributed by atoms with E-state index in [0.29, 0.717) is 28.8 Å². The molecular formula is C29H22ClF2NO4S. The minimum atomic E-state index is -0.821. The molecule has 1 atom stereocenters. The van der Waals surface area contributed by atoms with Crippen molar-refractivity contribution in [1.29, 1.82) is 0 Å². The standard InChI is InChI=1S/C29H22ClF2NO4S/c1-16(20-11-10-19(31)14-23(20)30)37-28(36)33-24-15-25(32)38-26(24)22-5-3-2-4-21(22)17-6-8-18(9-7-17)29(12-13-29)27(34)35/h2-11,14-16H,12-13H2,1H3,(H,33,36)(H,34,35). The molecule has 1 amide bonds. The van der Waals surface area contributed by atoms with Crippen LogP contribution in [-0.2, 0) is 14.9 Å². The normalized spacial score (nSPS) is 14.5. The molecule has 1 fully saturated rings. The first-order valence-electron chi connectivity index (χ1n) is 11.8. The molecule has 38 heavy (non-hydrogen) atoms. The minimum absolute atomic E-state index is 0.128. The number of hydrogen-bond donors (Lipinski definition) is 2. The molecule has 1 aromatic heterocycles. The summed E-state index contributed by atoms with van der Waals surface area (Å²) in [4.78, 5) is 24.9. The number of amides is 1. The van der Waals surface area contributed by atoms with E-state index in [1.54, 1.807) is 6.92 Å². The molecule has 194 valence electrons. The molecule has 1 unspecified atom stereocenters. The van der Waals surface area contributed by atoms with Gasteiger partial charge in [-0.3, -0.25) is 10.1 Å². The summed E-state index contributed by atoms with van der Waals surface area (Å²) in [7, 11) is 0. The molecule has 9 heteroatoms. The number of aliphatic carboxylic acids is 1. The first-order valence-corrected chi connectivity index (χ1v) is 13.0. The van der Waals surface area contributed by atoms with Gasteiger partial charge in [0.15, 0.2) is 5.13 Å². The van der Waals surface area contributed by atoms with Crippen molar-refractivity contribution in [3.63, 3.8) is 0 Å². The Kier molecular flexibility index (Phi) is 6.94. The van der Waals surface area contributed by atoms with Crippen molar-refractivity contribution >= 4 is 40.7 Å². The Morgan fingerprint density at radius 2 is 1.71 bits per heavy atom. The van der Waals surface area contributed by atoms with Crippen LogP contribution in [0.25, 0.3) is 21.6 Å². The largest absolute Gasteiger partial charge is 0.481 e. The quantitative estimate of drug-likeness (QED) is 0.241. The van der Waals surface area contributed by atoms with E-state index in [0.717, 1.165) is 34.1 Å². The SMILES string of the molecule is CC(OC(=O)Nc1cc(F)sc1-c1ccccc1-c1ccc(C2(C(=O)O)CC2)cc1)c1ccc(F)cc1Cl. The van der Waals surface area contributed by atoms with Gasteiger partial charge in [0.25, 0.3) is 0 Å². The number of anilines is 1. The maximum atomic E-state index is 14.5. The lowest BCUT2D eigenvalue weighted by molar-refractivity contribution is -0.140. The molecule has 3 aromatic carbocycles. The third-order valence-corrected chi connectivity index (χ3v) is 7.99. The number of carbonyl (C=O) groups is 2. The summed E-state index contributed by atoms with van der Waals surface area (Å²) in [5.41, 5.74) is 2.94. The summed E-state index contributed by atoms with van der Waals surface area (Å²) in [5.74, 6) is -1.32. The average Bonchev–Trinajstić information content (AvgIpc) is 3.62. The Balaban J connectivity index is 1.40. The van der Waals surface area contributed by atoms with E-state index in [-0.39, 0.29) is 10.7 Å². The Labute approximate surface area is 226 Å². The van der Waals surface area contributed by atoms with Gasteiger partial charge in [0.1, 0.15) is 11.9 Å². The van der Waals surface area contributed by atoms with E-state index in [1.807, 2.05) is 48.5 Å². The molecule has 0 radical (unpaired) electrons. The van der Waals surface area contributed by atoms with E-state index in [9.17, 15) is 23.5 Å². The van der Waals surface area contributed by atoms with E-state index in [2.05, 4.69) is 5.32 Å². The van der Waals surface area contributed by atoms with E-state index in [1.165, 1.54) is 18.2 Å². The van der Waals surface area contributed by atoms with Crippen LogP contribution >= 0.6 is 22.9 Å². The monoisotopic (exact) mass is 553 g/mol. The molecule has 1 heterocycles. The van der Waals surface area contributed by atoms with Gasteiger partial charge in [-0.2, -0.15) is 4.39 Å². The van der Waals surface area contributed by atoms with Gasteiger partial charge in [-0.1, -0.05) is 66.2 Å². The lowest BCUT2D eigenvalue weighted by Gasteiger charge is -2.16. The zero-order valence-electron chi connectivity index (χ0n) is 20.1. The number of nitrogens with one attached hydrogen (secondary N) is 1. The maximum Gasteiger partial charge on any atom is 0.412 e. The molecule has 1 saturated carbocycles. The number of halogens is 3. The second kappa shape index (κ2) is 10.2. The molecule has 0 bridgehead atoms. The van der Waals surface area contributed by atoms with Crippen LogP contribution in [0.2, 0.25) is 5.02 Å². The van der Waals surface area contributed by atoms with E-state index < -0.39 is 34.5 Å². The van der Waals surface area contributed by atoms with Gasteiger partial charge in [0.05, 0.1) is 21.0 Å². The Hall–Kier alpha value is -3.75. The summed E-state index contributed by atoms with van der Waals surface area (Å²) in [6, 6.07) is 19.8. The topological polar surface area (TPSA) is 75.6 Å². The smallest absolute Gasteiger partial charge is 0.412 e. The van der Waals surface area contributed by atoms with Crippen molar-refractivity contribution < 1.29 is 28.2 Å². The van der Waals surface area contributed by atoms with Crippen LogP contribution < -0.4 is 5.32 Å². The highest BCUT2D eigenvalue weighted by molar-refractivity contribution is 7.14. The lowest BCUT2D eigenvalue weighted by Crippen LogP contribution is -2.19. The predicted octanol–water partition coefficient (Wildman–Crippen LogP) is 8.44. The number of carboxylic acid groups (broad SMARTS) is 1. The fourth-order valence-electron chi connectivity index (χ4n) is 4.50. The fraction of sp³-hybridized carbons (Fsp3) is 0.172. The summed E-state index contributed by atoms with van der Waals surface area (Å²) < 4.78 is 33.3. The van der Waals surface area contributed by atoms with Crippen LogP contribution in [0, 0.1) is 10.9 Å². The number of rotatable bonds is 7. The summed E-state index contributed by atoms with van der Waals surface area (Å²) >= 11 is 6.96. The highest BCUT2D eigenvalue weighted by atomic mass is 35.5. The Morgan fingerprint density at radius 3 is 2.34 bits per heavy atom. The highest BCUT2D eigenvalue weighted by Gasteiger charge is 2.51. The Morgan fingerprint density at radius 1 is 1.03 bits per heavy atom.